The van der Waals surface area contributed by atoms with E-state index < -0.39 is 0 Å². The number of urea groups is 1. The van der Waals surface area contributed by atoms with Gasteiger partial charge in [0.15, 0.2) is 0 Å². The summed E-state index contributed by atoms with van der Waals surface area (Å²) in [7, 11) is 3.48. The molecule has 4 heteroatoms. The molecule has 0 aromatic heterocycles. The molecule has 1 aliphatic rings. The Labute approximate surface area is 114 Å². The molecule has 19 heavy (non-hydrogen) atoms. The Bertz CT molecular complexity index is 491. The topological polar surface area (TPSA) is 41.6 Å². The van der Waals surface area contributed by atoms with Crippen LogP contribution in [0.5, 0.6) is 5.75 Å². The summed E-state index contributed by atoms with van der Waals surface area (Å²) >= 11 is 0. The van der Waals surface area contributed by atoms with E-state index in [2.05, 4.69) is 38.2 Å². The van der Waals surface area contributed by atoms with E-state index in [9.17, 15) is 4.79 Å². The maximum atomic E-state index is 11.6. The zero-order valence-electron chi connectivity index (χ0n) is 12.3. The third-order valence-electron chi connectivity index (χ3n) is 3.69. The second kappa shape index (κ2) is 4.76. The van der Waals surface area contributed by atoms with Crippen LogP contribution in [0.25, 0.3) is 0 Å². The van der Waals surface area contributed by atoms with Crippen molar-refractivity contribution in [3.63, 3.8) is 0 Å². The molecule has 2 amide bonds. The van der Waals surface area contributed by atoms with Crippen molar-refractivity contribution in [2.24, 2.45) is 0 Å². The number of methoxy groups -OCH3 is 1. The minimum Gasteiger partial charge on any atom is -0.496 e. The summed E-state index contributed by atoms with van der Waals surface area (Å²) in [6, 6.07) is 6.23. The van der Waals surface area contributed by atoms with E-state index in [1.165, 1.54) is 5.56 Å². The Balaban J connectivity index is 2.45. The normalized spacial score (nSPS) is 19.5. The predicted octanol–water partition coefficient (Wildman–Crippen LogP) is 2.69. The molecule has 0 radical (unpaired) electrons. The van der Waals surface area contributed by atoms with Gasteiger partial charge in [0.05, 0.1) is 13.2 Å². The van der Waals surface area contributed by atoms with Gasteiger partial charge >= 0.3 is 6.03 Å². The van der Waals surface area contributed by atoms with Crippen LogP contribution >= 0.6 is 0 Å². The Morgan fingerprint density at radius 3 is 2.53 bits per heavy atom. The van der Waals surface area contributed by atoms with Crippen molar-refractivity contribution in [1.82, 2.24) is 10.2 Å². The first-order valence-corrected chi connectivity index (χ1v) is 6.53. The second-order valence-electron chi connectivity index (χ2n) is 6.02. The molecule has 1 unspecified atom stereocenters. The Morgan fingerprint density at radius 2 is 2.05 bits per heavy atom. The number of nitrogens with zero attached hydrogens (tertiary/aromatic N) is 1. The van der Waals surface area contributed by atoms with Crippen LogP contribution in [0.1, 0.15) is 37.9 Å². The van der Waals surface area contributed by atoms with Gasteiger partial charge in [-0.2, -0.15) is 0 Å². The molecule has 1 aromatic rings. The molecule has 2 rings (SSSR count). The highest BCUT2D eigenvalue weighted by molar-refractivity contribution is 5.77. The number of hydrogen-bond donors (Lipinski definition) is 1. The maximum Gasteiger partial charge on any atom is 0.317 e. The lowest BCUT2D eigenvalue weighted by Gasteiger charge is -2.25. The SMILES string of the molecule is COc1ccc(C(C)(C)C)cc1C1CNC(=O)N1C. The quantitative estimate of drug-likeness (QED) is 0.890. The van der Waals surface area contributed by atoms with Crippen molar-refractivity contribution in [3.8, 4) is 5.75 Å². The predicted molar refractivity (Wildman–Crippen MR) is 75.6 cm³/mol. The summed E-state index contributed by atoms with van der Waals surface area (Å²) in [6.07, 6.45) is 0. The standard InChI is InChI=1S/C15H22N2O2/c1-15(2,3)10-6-7-13(19-5)11(8-10)12-9-16-14(18)17(12)4/h6-8,12H,9H2,1-5H3,(H,16,18). The maximum absolute atomic E-state index is 11.6. The van der Waals surface area contributed by atoms with Gasteiger partial charge in [0.25, 0.3) is 0 Å². The van der Waals surface area contributed by atoms with Gasteiger partial charge in [0.1, 0.15) is 5.75 Å². The van der Waals surface area contributed by atoms with E-state index in [0.717, 1.165) is 11.3 Å². The van der Waals surface area contributed by atoms with E-state index in [0.29, 0.717) is 6.54 Å². The summed E-state index contributed by atoms with van der Waals surface area (Å²) in [5, 5.41) is 2.86. The van der Waals surface area contributed by atoms with Crippen LogP contribution in [0, 0.1) is 0 Å². The Kier molecular flexibility index (Phi) is 3.43. The van der Waals surface area contributed by atoms with Crippen molar-refractivity contribution < 1.29 is 9.53 Å². The van der Waals surface area contributed by atoms with Gasteiger partial charge in [-0.15, -0.1) is 0 Å². The van der Waals surface area contributed by atoms with Crippen LogP contribution in [0.2, 0.25) is 0 Å². The molecule has 0 spiro atoms. The van der Waals surface area contributed by atoms with Crippen molar-refractivity contribution >= 4 is 6.03 Å². The van der Waals surface area contributed by atoms with E-state index in [1.54, 1.807) is 12.0 Å². The number of benzene rings is 1. The van der Waals surface area contributed by atoms with Crippen LogP contribution in [0.15, 0.2) is 18.2 Å². The number of carbonyl (C=O) groups is 1. The van der Waals surface area contributed by atoms with Crippen LogP contribution in [0.4, 0.5) is 4.79 Å². The van der Waals surface area contributed by atoms with Gasteiger partial charge in [-0.25, -0.2) is 4.79 Å². The molecule has 1 saturated heterocycles. The summed E-state index contributed by atoms with van der Waals surface area (Å²) in [4.78, 5) is 13.3. The molecule has 4 nitrogen and oxygen atoms in total. The Morgan fingerprint density at radius 1 is 1.37 bits per heavy atom. The third kappa shape index (κ3) is 2.53. The van der Waals surface area contributed by atoms with Crippen molar-refractivity contribution in [2.75, 3.05) is 20.7 Å². The molecule has 104 valence electrons. The number of carbonyl (C=O) groups excluding carboxylic acids is 1. The van der Waals surface area contributed by atoms with Gasteiger partial charge in [-0.3, -0.25) is 0 Å². The molecule has 1 atom stereocenters. The van der Waals surface area contributed by atoms with Gasteiger partial charge < -0.3 is 15.0 Å². The van der Waals surface area contributed by atoms with Gasteiger partial charge in [0.2, 0.25) is 0 Å². The van der Waals surface area contributed by atoms with E-state index in [-0.39, 0.29) is 17.5 Å². The van der Waals surface area contributed by atoms with Crippen molar-refractivity contribution in [3.05, 3.63) is 29.3 Å². The van der Waals surface area contributed by atoms with Crippen molar-refractivity contribution in [1.29, 1.82) is 0 Å². The van der Waals surface area contributed by atoms with Gasteiger partial charge in [-0.05, 0) is 23.1 Å². The molecule has 1 aromatic carbocycles. The lowest BCUT2D eigenvalue weighted by molar-refractivity contribution is 0.216. The van der Waals surface area contributed by atoms with Gasteiger partial charge in [0, 0.05) is 19.2 Å². The number of ether oxygens (including phenoxy) is 1. The van der Waals surface area contributed by atoms with E-state index in [1.807, 2.05) is 13.1 Å². The number of amides is 2. The lowest BCUT2D eigenvalue weighted by Crippen LogP contribution is -2.25. The highest BCUT2D eigenvalue weighted by atomic mass is 16.5. The molecule has 1 fully saturated rings. The first-order chi connectivity index (χ1) is 8.84. The number of rotatable bonds is 2. The summed E-state index contributed by atoms with van der Waals surface area (Å²) < 4.78 is 5.44. The summed E-state index contributed by atoms with van der Waals surface area (Å²) in [6.45, 7) is 7.17. The first-order valence-electron chi connectivity index (χ1n) is 6.53. The molecule has 1 N–H and O–H groups in total. The van der Waals surface area contributed by atoms with Crippen LogP contribution < -0.4 is 10.1 Å². The largest absolute Gasteiger partial charge is 0.496 e. The minimum absolute atomic E-state index is 0.0322. The summed E-state index contributed by atoms with van der Waals surface area (Å²) in [5.74, 6) is 0.835. The molecule has 1 heterocycles. The lowest BCUT2D eigenvalue weighted by atomic mass is 9.85. The average Bonchev–Trinajstić information content (AvgIpc) is 2.68. The molecular formula is C15H22N2O2. The zero-order chi connectivity index (χ0) is 14.2. The minimum atomic E-state index is -0.0341. The Hall–Kier alpha value is -1.71. The second-order valence-corrected chi connectivity index (χ2v) is 6.02. The van der Waals surface area contributed by atoms with Crippen LogP contribution in [0.3, 0.4) is 0 Å². The molecule has 0 aliphatic carbocycles. The van der Waals surface area contributed by atoms with Crippen LogP contribution in [-0.4, -0.2) is 31.6 Å². The fraction of sp³-hybridized carbons (Fsp3) is 0.533. The highest BCUT2D eigenvalue weighted by Crippen LogP contribution is 2.34. The fourth-order valence-electron chi connectivity index (χ4n) is 2.37. The van der Waals surface area contributed by atoms with Gasteiger partial charge in [-0.1, -0.05) is 26.8 Å². The number of nitrogens with one attached hydrogen (secondary N) is 1. The summed E-state index contributed by atoms with van der Waals surface area (Å²) in [5.41, 5.74) is 2.39. The average molecular weight is 262 g/mol. The van der Waals surface area contributed by atoms with Crippen molar-refractivity contribution in [2.45, 2.75) is 32.2 Å². The highest BCUT2D eigenvalue weighted by Gasteiger charge is 2.31. The molecule has 1 aliphatic heterocycles. The fourth-order valence-corrected chi connectivity index (χ4v) is 2.37. The number of hydrogen-bond acceptors (Lipinski definition) is 2. The molecule has 0 bridgehead atoms. The van der Waals surface area contributed by atoms with E-state index >= 15 is 0 Å². The first kappa shape index (κ1) is 13.7. The number of likely N-dealkylation sites (N-methyl/N-ethyl adjacent to an activating group) is 1. The molecule has 0 saturated carbocycles. The van der Waals surface area contributed by atoms with Crippen LogP contribution in [-0.2, 0) is 5.41 Å². The monoisotopic (exact) mass is 262 g/mol. The smallest absolute Gasteiger partial charge is 0.317 e. The zero-order valence-corrected chi connectivity index (χ0v) is 12.3. The molecular weight excluding hydrogens is 240 g/mol. The third-order valence-corrected chi connectivity index (χ3v) is 3.69. The van der Waals surface area contributed by atoms with E-state index in [4.69, 9.17) is 4.74 Å².